The van der Waals surface area contributed by atoms with E-state index < -0.39 is 15.8 Å². The summed E-state index contributed by atoms with van der Waals surface area (Å²) in [5.41, 5.74) is 2.54. The second-order valence-corrected chi connectivity index (χ2v) is 8.70. The van der Waals surface area contributed by atoms with Crippen LogP contribution in [0.2, 0.25) is 0 Å². The van der Waals surface area contributed by atoms with Crippen molar-refractivity contribution in [1.29, 1.82) is 0 Å². The number of imidazole rings is 1. The molecule has 0 amide bonds. The van der Waals surface area contributed by atoms with Crippen molar-refractivity contribution in [2.45, 2.75) is 30.7 Å². The molecule has 2 aromatic carbocycles. The van der Waals surface area contributed by atoms with E-state index >= 15 is 0 Å². The lowest BCUT2D eigenvalue weighted by Gasteiger charge is -2.12. The highest BCUT2D eigenvalue weighted by molar-refractivity contribution is 7.92. The van der Waals surface area contributed by atoms with Gasteiger partial charge in [-0.15, -0.1) is 0 Å². The predicted octanol–water partition coefficient (Wildman–Crippen LogP) is 3.12. The smallest absolute Gasteiger partial charge is 0.408 e. The number of hydrogen-bond donors (Lipinski definition) is 2. The summed E-state index contributed by atoms with van der Waals surface area (Å²) in [6, 6.07) is 11.4. The molecule has 5 rings (SSSR count). The number of rotatable bonds is 4. The second kappa shape index (κ2) is 6.63. The summed E-state index contributed by atoms with van der Waals surface area (Å²) in [6.07, 6.45) is 5.14. The van der Waals surface area contributed by atoms with Gasteiger partial charge in [0.2, 0.25) is 0 Å². The number of hydrogen-bond acceptors (Lipinski definition) is 5. The molecule has 0 bridgehead atoms. The van der Waals surface area contributed by atoms with Crippen LogP contribution < -0.4 is 10.5 Å². The first kappa shape index (κ1) is 17.7. The van der Waals surface area contributed by atoms with E-state index in [0.29, 0.717) is 16.8 Å². The minimum atomic E-state index is -3.88. The van der Waals surface area contributed by atoms with Gasteiger partial charge in [-0.25, -0.2) is 18.2 Å². The lowest BCUT2D eigenvalue weighted by atomic mass is 10.1. The SMILES string of the molecule is O=c1[nH]c2cc(S(=O)(=O)Nc3ccccc3-c3cn4c(n3)CCCC4)ccc2o1. The molecule has 0 aliphatic carbocycles. The number of aryl methyl sites for hydroxylation is 2. The predicted molar refractivity (Wildman–Crippen MR) is 108 cm³/mol. The molecule has 0 fully saturated rings. The molecule has 1 aliphatic heterocycles. The third-order valence-electron chi connectivity index (χ3n) is 5.06. The van der Waals surface area contributed by atoms with Crippen LogP contribution in [0, 0.1) is 0 Å². The second-order valence-electron chi connectivity index (χ2n) is 7.02. The van der Waals surface area contributed by atoms with Crippen LogP contribution in [-0.4, -0.2) is 23.0 Å². The van der Waals surface area contributed by atoms with E-state index in [1.807, 2.05) is 18.3 Å². The van der Waals surface area contributed by atoms with E-state index in [1.54, 1.807) is 12.1 Å². The summed E-state index contributed by atoms with van der Waals surface area (Å²) in [5, 5.41) is 0. The monoisotopic (exact) mass is 410 g/mol. The molecule has 3 heterocycles. The molecule has 0 atom stereocenters. The number of H-pyrrole nitrogens is 1. The van der Waals surface area contributed by atoms with E-state index in [1.165, 1.54) is 18.2 Å². The number of para-hydroxylation sites is 1. The van der Waals surface area contributed by atoms with Crippen molar-refractivity contribution in [3.05, 3.63) is 65.0 Å². The quantitative estimate of drug-likeness (QED) is 0.537. The maximum Gasteiger partial charge on any atom is 0.417 e. The van der Waals surface area contributed by atoms with Crippen molar-refractivity contribution in [3.63, 3.8) is 0 Å². The molecule has 0 radical (unpaired) electrons. The Morgan fingerprint density at radius 2 is 2.00 bits per heavy atom. The molecule has 0 saturated carbocycles. The van der Waals surface area contributed by atoms with E-state index in [9.17, 15) is 13.2 Å². The zero-order valence-electron chi connectivity index (χ0n) is 15.4. The number of aromatic nitrogens is 3. The fourth-order valence-corrected chi connectivity index (χ4v) is 4.75. The average Bonchev–Trinajstić information content (AvgIpc) is 3.29. The Morgan fingerprint density at radius 1 is 1.14 bits per heavy atom. The molecule has 8 nitrogen and oxygen atoms in total. The van der Waals surface area contributed by atoms with Crippen LogP contribution in [0.15, 0.2) is 62.8 Å². The van der Waals surface area contributed by atoms with Gasteiger partial charge in [0, 0.05) is 24.7 Å². The molecular weight excluding hydrogens is 392 g/mol. The van der Waals surface area contributed by atoms with Gasteiger partial charge in [-0.3, -0.25) is 9.71 Å². The Balaban J connectivity index is 1.52. The molecule has 148 valence electrons. The highest BCUT2D eigenvalue weighted by Gasteiger charge is 2.20. The van der Waals surface area contributed by atoms with Gasteiger partial charge in [-0.1, -0.05) is 18.2 Å². The van der Waals surface area contributed by atoms with Crippen molar-refractivity contribution in [2.24, 2.45) is 0 Å². The van der Waals surface area contributed by atoms with Gasteiger partial charge >= 0.3 is 5.76 Å². The number of oxazole rings is 1. The average molecular weight is 410 g/mol. The van der Waals surface area contributed by atoms with E-state index in [0.717, 1.165) is 42.9 Å². The standard InChI is InChI=1S/C20H18N4O4S/c25-20-22-16-11-13(8-9-18(16)28-20)29(26,27)23-15-6-2-1-5-14(15)17-12-24-10-4-3-7-19(24)21-17/h1-2,5-6,8-9,11-12,23H,3-4,7,10H2,(H,22,25). The lowest BCUT2D eigenvalue weighted by molar-refractivity contribution is 0.522. The van der Waals surface area contributed by atoms with Crippen LogP contribution in [0.4, 0.5) is 5.69 Å². The summed E-state index contributed by atoms with van der Waals surface area (Å²) < 4.78 is 35.7. The zero-order chi connectivity index (χ0) is 20.0. The fourth-order valence-electron chi connectivity index (χ4n) is 3.64. The van der Waals surface area contributed by atoms with Crippen LogP contribution in [0.25, 0.3) is 22.4 Å². The molecule has 0 unspecified atom stereocenters. The van der Waals surface area contributed by atoms with Gasteiger partial charge in [-0.2, -0.15) is 0 Å². The third kappa shape index (κ3) is 3.23. The molecule has 2 N–H and O–H groups in total. The molecule has 0 spiro atoms. The number of aromatic amines is 1. The first-order valence-corrected chi connectivity index (χ1v) is 10.8. The van der Waals surface area contributed by atoms with Crippen LogP contribution in [0.5, 0.6) is 0 Å². The Hall–Kier alpha value is -3.33. The number of benzene rings is 2. The third-order valence-corrected chi connectivity index (χ3v) is 6.42. The van der Waals surface area contributed by atoms with Crippen molar-refractivity contribution in [2.75, 3.05) is 4.72 Å². The fraction of sp³-hybridized carbons (Fsp3) is 0.200. The first-order chi connectivity index (χ1) is 14.0. The molecule has 29 heavy (non-hydrogen) atoms. The Morgan fingerprint density at radius 3 is 2.86 bits per heavy atom. The normalized spacial score (nSPS) is 14.1. The van der Waals surface area contributed by atoms with Gasteiger partial charge in [0.1, 0.15) is 5.82 Å². The number of nitrogens with zero attached hydrogens (tertiary/aromatic N) is 2. The Bertz CT molecular complexity index is 1360. The van der Waals surface area contributed by atoms with Gasteiger partial charge in [0.05, 0.1) is 21.8 Å². The zero-order valence-corrected chi connectivity index (χ0v) is 16.2. The van der Waals surface area contributed by atoms with Gasteiger partial charge in [0.15, 0.2) is 5.58 Å². The van der Waals surface area contributed by atoms with Gasteiger partial charge < -0.3 is 8.98 Å². The Labute approximate surface area is 166 Å². The highest BCUT2D eigenvalue weighted by Crippen LogP contribution is 2.30. The molecule has 9 heteroatoms. The molecule has 1 aliphatic rings. The summed E-state index contributed by atoms with van der Waals surface area (Å²) in [6.45, 7) is 0.930. The number of anilines is 1. The van der Waals surface area contributed by atoms with Gasteiger partial charge in [-0.05, 0) is 37.1 Å². The molecule has 2 aromatic heterocycles. The maximum absolute atomic E-state index is 13.0. The first-order valence-electron chi connectivity index (χ1n) is 9.31. The molecular formula is C20H18N4O4S. The lowest BCUT2D eigenvalue weighted by Crippen LogP contribution is -2.13. The minimum Gasteiger partial charge on any atom is -0.408 e. The van der Waals surface area contributed by atoms with Crippen LogP contribution in [0.3, 0.4) is 0 Å². The van der Waals surface area contributed by atoms with Crippen LogP contribution in [-0.2, 0) is 23.0 Å². The number of sulfonamides is 1. The summed E-state index contributed by atoms with van der Waals surface area (Å²) in [4.78, 5) is 18.5. The molecule has 4 aromatic rings. The van der Waals surface area contributed by atoms with Crippen molar-refractivity contribution < 1.29 is 12.8 Å². The number of nitrogens with one attached hydrogen (secondary N) is 2. The topological polar surface area (TPSA) is 110 Å². The van der Waals surface area contributed by atoms with Crippen LogP contribution in [0.1, 0.15) is 18.7 Å². The number of fused-ring (bicyclic) bond motifs is 2. The maximum atomic E-state index is 13.0. The minimum absolute atomic E-state index is 0.0287. The Kier molecular flexibility index (Phi) is 4.06. The van der Waals surface area contributed by atoms with E-state index in [2.05, 4.69) is 14.3 Å². The summed E-state index contributed by atoms with van der Waals surface area (Å²) in [7, 11) is -3.88. The van der Waals surface area contributed by atoms with Crippen molar-refractivity contribution in [3.8, 4) is 11.3 Å². The highest BCUT2D eigenvalue weighted by atomic mass is 32.2. The van der Waals surface area contributed by atoms with E-state index in [4.69, 9.17) is 9.40 Å². The molecule has 0 saturated heterocycles. The van der Waals surface area contributed by atoms with Crippen molar-refractivity contribution >= 4 is 26.8 Å². The summed E-state index contributed by atoms with van der Waals surface area (Å²) in [5.74, 6) is 0.398. The van der Waals surface area contributed by atoms with E-state index in [-0.39, 0.29) is 4.90 Å². The van der Waals surface area contributed by atoms with Crippen LogP contribution >= 0.6 is 0 Å². The summed E-state index contributed by atoms with van der Waals surface area (Å²) >= 11 is 0. The largest absolute Gasteiger partial charge is 0.417 e. The van der Waals surface area contributed by atoms with Gasteiger partial charge in [0.25, 0.3) is 10.0 Å². The van der Waals surface area contributed by atoms with Crippen molar-refractivity contribution in [1.82, 2.24) is 14.5 Å².